The van der Waals surface area contributed by atoms with Gasteiger partial charge in [-0.05, 0) is 32.1 Å². The van der Waals surface area contributed by atoms with Gasteiger partial charge in [0, 0.05) is 0 Å². The minimum atomic E-state index is -0.120. The predicted octanol–water partition coefficient (Wildman–Crippen LogP) is 3.17. The number of benzene rings is 1. The lowest BCUT2D eigenvalue weighted by atomic mass is 10.3. The Kier molecular flexibility index (Phi) is 4.88. The number of para-hydroxylation sites is 1. The van der Waals surface area contributed by atoms with Gasteiger partial charge in [0.25, 0.3) is 0 Å². The number of ether oxygens (including phenoxy) is 1. The molecule has 0 aliphatic rings. The monoisotopic (exact) mass is 331 g/mol. The maximum Gasteiger partial charge on any atom is 0.234 e. The highest BCUT2D eigenvalue weighted by Gasteiger charge is 2.18. The summed E-state index contributed by atoms with van der Waals surface area (Å²) in [5.41, 5.74) is 0. The summed E-state index contributed by atoms with van der Waals surface area (Å²) in [6.07, 6.45) is -0.120. The first-order chi connectivity index (χ1) is 11.2. The summed E-state index contributed by atoms with van der Waals surface area (Å²) in [4.78, 5) is 3.10. The van der Waals surface area contributed by atoms with Crippen LogP contribution in [0, 0.1) is 0 Å². The van der Waals surface area contributed by atoms with E-state index in [1.807, 2.05) is 41.8 Å². The third-order valence-electron chi connectivity index (χ3n) is 3.73. The highest BCUT2D eigenvalue weighted by atomic mass is 32.1. The van der Waals surface area contributed by atoms with Gasteiger partial charge in [-0.1, -0.05) is 43.4 Å². The van der Waals surface area contributed by atoms with Crippen LogP contribution < -0.4 is 4.74 Å². The number of hydrogen-bond acceptors (Lipinski definition) is 6. The molecule has 0 N–H and O–H groups in total. The zero-order chi connectivity index (χ0) is 16.2. The summed E-state index contributed by atoms with van der Waals surface area (Å²) < 4.78 is 7.78. The summed E-state index contributed by atoms with van der Waals surface area (Å²) in [5.74, 6) is 1.72. The fourth-order valence-electron chi connectivity index (χ4n) is 2.34. The van der Waals surface area contributed by atoms with Crippen molar-refractivity contribution in [1.82, 2.24) is 24.7 Å². The van der Waals surface area contributed by atoms with Crippen molar-refractivity contribution < 1.29 is 4.74 Å². The predicted molar refractivity (Wildman–Crippen MR) is 90.8 cm³/mol. The van der Waals surface area contributed by atoms with E-state index in [1.54, 1.807) is 0 Å². The second kappa shape index (κ2) is 7.06. The van der Waals surface area contributed by atoms with Crippen LogP contribution in [0.3, 0.4) is 0 Å². The van der Waals surface area contributed by atoms with Gasteiger partial charge in [0.1, 0.15) is 11.9 Å². The van der Waals surface area contributed by atoms with E-state index in [0.29, 0.717) is 0 Å². The third-order valence-corrected chi connectivity index (χ3v) is 4.79. The molecule has 2 aromatic heterocycles. The zero-order valence-electron chi connectivity index (χ0n) is 13.6. The molecule has 7 heteroatoms. The van der Waals surface area contributed by atoms with Crippen molar-refractivity contribution in [3.8, 4) is 5.75 Å². The topological polar surface area (TPSA) is 55.5 Å². The molecule has 3 aromatic rings. The fourth-order valence-corrected chi connectivity index (χ4v) is 3.17. The van der Waals surface area contributed by atoms with Crippen molar-refractivity contribution in [1.29, 1.82) is 0 Å². The molecular formula is C16H21N5OS. The van der Waals surface area contributed by atoms with Crippen LogP contribution >= 0.6 is 11.3 Å². The number of aromatic nitrogens is 4. The number of nitrogens with zero attached hydrogens (tertiary/aromatic N) is 5. The molecule has 2 heterocycles. The van der Waals surface area contributed by atoms with Crippen molar-refractivity contribution >= 4 is 16.3 Å². The number of fused-ring (bicyclic) bond motifs is 1. The minimum Gasteiger partial charge on any atom is -0.483 e. The van der Waals surface area contributed by atoms with Gasteiger partial charge in [-0.3, -0.25) is 4.90 Å². The van der Waals surface area contributed by atoms with Crippen molar-refractivity contribution in [2.45, 2.75) is 33.4 Å². The molecule has 23 heavy (non-hydrogen) atoms. The highest BCUT2D eigenvalue weighted by molar-refractivity contribution is 7.16. The molecule has 122 valence electrons. The van der Waals surface area contributed by atoms with Crippen molar-refractivity contribution in [3.05, 3.63) is 41.2 Å². The van der Waals surface area contributed by atoms with E-state index in [9.17, 15) is 0 Å². The lowest BCUT2D eigenvalue weighted by Crippen LogP contribution is -2.23. The first kappa shape index (κ1) is 15.9. The van der Waals surface area contributed by atoms with E-state index in [-0.39, 0.29) is 6.10 Å². The Labute approximate surface area is 139 Å². The summed E-state index contributed by atoms with van der Waals surface area (Å²) in [5, 5.41) is 14.0. The summed E-state index contributed by atoms with van der Waals surface area (Å²) >= 11 is 1.52. The normalized spacial score (nSPS) is 12.9. The van der Waals surface area contributed by atoms with Gasteiger partial charge in [-0.25, -0.2) is 0 Å². The fraction of sp³-hybridized carbons (Fsp3) is 0.438. The maximum absolute atomic E-state index is 5.94. The third kappa shape index (κ3) is 3.51. The smallest absolute Gasteiger partial charge is 0.234 e. The molecule has 0 radical (unpaired) electrons. The van der Waals surface area contributed by atoms with E-state index < -0.39 is 0 Å². The van der Waals surface area contributed by atoms with Gasteiger partial charge in [0.2, 0.25) is 4.96 Å². The van der Waals surface area contributed by atoms with Gasteiger partial charge in [0.05, 0.1) is 6.54 Å². The van der Waals surface area contributed by atoms with Gasteiger partial charge in [-0.15, -0.1) is 10.2 Å². The second-order valence-electron chi connectivity index (χ2n) is 5.29. The molecule has 0 fully saturated rings. The van der Waals surface area contributed by atoms with E-state index in [4.69, 9.17) is 4.74 Å². The Hall–Kier alpha value is -1.99. The molecule has 1 aromatic carbocycles. The molecule has 0 bridgehead atoms. The molecule has 0 amide bonds. The SMILES string of the molecule is CCN(CC)Cc1nnc2sc([C@@H](C)Oc3ccccc3)nn12. The molecule has 0 saturated carbocycles. The van der Waals surface area contributed by atoms with Crippen LogP contribution in [-0.4, -0.2) is 37.8 Å². The van der Waals surface area contributed by atoms with Crippen LogP contribution in [0.2, 0.25) is 0 Å². The van der Waals surface area contributed by atoms with Crippen LogP contribution in [0.25, 0.3) is 4.96 Å². The van der Waals surface area contributed by atoms with Crippen molar-refractivity contribution in [3.63, 3.8) is 0 Å². The van der Waals surface area contributed by atoms with Gasteiger partial charge in [-0.2, -0.15) is 9.61 Å². The summed E-state index contributed by atoms with van der Waals surface area (Å²) in [7, 11) is 0. The largest absolute Gasteiger partial charge is 0.483 e. The van der Waals surface area contributed by atoms with Crippen LogP contribution in [0.4, 0.5) is 0 Å². The molecule has 0 saturated heterocycles. The van der Waals surface area contributed by atoms with E-state index in [1.165, 1.54) is 11.3 Å². The zero-order valence-corrected chi connectivity index (χ0v) is 14.5. The van der Waals surface area contributed by atoms with E-state index in [0.717, 1.165) is 41.2 Å². The maximum atomic E-state index is 5.94. The molecule has 6 nitrogen and oxygen atoms in total. The Morgan fingerprint density at radius 3 is 2.61 bits per heavy atom. The lowest BCUT2D eigenvalue weighted by molar-refractivity contribution is 0.224. The Bertz CT molecular complexity index is 750. The Balaban J connectivity index is 1.79. The standard InChI is InChI=1S/C16H21N5OS/c1-4-20(5-2)11-14-17-18-16-21(14)19-15(23-16)12(3)22-13-9-7-6-8-10-13/h6-10,12H,4-5,11H2,1-3H3/t12-/m1/s1. The average Bonchev–Trinajstić information content (AvgIpc) is 3.15. The van der Waals surface area contributed by atoms with Crippen LogP contribution in [0.5, 0.6) is 5.75 Å². The first-order valence-electron chi connectivity index (χ1n) is 7.86. The molecule has 1 atom stereocenters. The van der Waals surface area contributed by atoms with Crippen LogP contribution in [0.15, 0.2) is 30.3 Å². The molecular weight excluding hydrogens is 310 g/mol. The van der Waals surface area contributed by atoms with Gasteiger partial charge in [0.15, 0.2) is 10.8 Å². The summed E-state index contributed by atoms with van der Waals surface area (Å²) in [6.45, 7) is 9.01. The van der Waals surface area contributed by atoms with E-state index >= 15 is 0 Å². The average molecular weight is 331 g/mol. The van der Waals surface area contributed by atoms with Gasteiger partial charge < -0.3 is 4.74 Å². The lowest BCUT2D eigenvalue weighted by Gasteiger charge is -2.15. The quantitative estimate of drug-likeness (QED) is 0.665. The molecule has 0 aliphatic carbocycles. The van der Waals surface area contributed by atoms with Crippen molar-refractivity contribution in [2.75, 3.05) is 13.1 Å². The summed E-state index contributed by atoms with van der Waals surface area (Å²) in [6, 6.07) is 9.79. The molecule has 0 aliphatic heterocycles. The molecule has 0 unspecified atom stereocenters. The number of rotatable bonds is 7. The Morgan fingerprint density at radius 1 is 1.17 bits per heavy atom. The Morgan fingerprint density at radius 2 is 1.91 bits per heavy atom. The minimum absolute atomic E-state index is 0.120. The highest BCUT2D eigenvalue weighted by Crippen LogP contribution is 2.25. The van der Waals surface area contributed by atoms with Gasteiger partial charge >= 0.3 is 0 Å². The molecule has 0 spiro atoms. The second-order valence-corrected chi connectivity index (χ2v) is 6.27. The molecule has 3 rings (SSSR count). The number of hydrogen-bond donors (Lipinski definition) is 0. The van der Waals surface area contributed by atoms with E-state index in [2.05, 4.69) is 34.0 Å². The van der Waals surface area contributed by atoms with Crippen LogP contribution in [0.1, 0.15) is 37.7 Å². The first-order valence-corrected chi connectivity index (χ1v) is 8.68. The van der Waals surface area contributed by atoms with Crippen molar-refractivity contribution in [2.24, 2.45) is 0 Å². The van der Waals surface area contributed by atoms with Crippen LogP contribution in [-0.2, 0) is 6.54 Å².